The van der Waals surface area contributed by atoms with Gasteiger partial charge in [-0.1, -0.05) is 0 Å². The number of hydrogen-bond acceptors (Lipinski definition) is 7. The summed E-state index contributed by atoms with van der Waals surface area (Å²) in [5, 5.41) is 8.38. The molecule has 0 bridgehead atoms. The molecule has 0 fully saturated rings. The molecule has 0 rings (SSSR count). The van der Waals surface area contributed by atoms with E-state index in [1.165, 1.54) is 0 Å². The molecule has 90 valence electrons. The number of thiol groups is 2. The largest absolute Gasteiger partial charge is 0.462 e. The predicted octanol–water partition coefficient (Wildman–Crippen LogP) is -0.259. The molecule has 0 radical (unpaired) electrons. The maximum Gasteiger partial charge on any atom is 0.328 e. The van der Waals surface area contributed by atoms with Crippen molar-refractivity contribution in [1.29, 1.82) is 0 Å². The number of aliphatic hydroxyl groups is 1. The first kappa shape index (κ1) is 15.0. The van der Waals surface area contributed by atoms with E-state index in [0.717, 1.165) is 0 Å². The number of carbonyl (C=O) groups excluding carboxylic acids is 1. The summed E-state index contributed by atoms with van der Waals surface area (Å²) in [5.41, 5.74) is 0. The van der Waals surface area contributed by atoms with Crippen LogP contribution >= 0.6 is 25.3 Å². The molecular formula is C8H16O5S2. The Labute approximate surface area is 99.9 Å². The predicted molar refractivity (Wildman–Crippen MR) is 61.4 cm³/mol. The zero-order chi connectivity index (χ0) is 11.5. The molecule has 0 aromatic rings. The SMILES string of the molecule is O=C(OCCOCCOCCO)C(S)S. The summed E-state index contributed by atoms with van der Waals surface area (Å²) in [4.78, 5) is 10.8. The second kappa shape index (κ2) is 10.6. The van der Waals surface area contributed by atoms with E-state index in [1.807, 2.05) is 0 Å². The lowest BCUT2D eigenvalue weighted by Crippen LogP contribution is -2.17. The van der Waals surface area contributed by atoms with E-state index >= 15 is 0 Å². The van der Waals surface area contributed by atoms with Gasteiger partial charge < -0.3 is 19.3 Å². The smallest absolute Gasteiger partial charge is 0.328 e. The lowest BCUT2D eigenvalue weighted by Gasteiger charge is -2.07. The number of rotatable bonds is 9. The van der Waals surface area contributed by atoms with Crippen LogP contribution < -0.4 is 0 Å². The maximum absolute atomic E-state index is 10.8. The summed E-state index contributed by atoms with van der Waals surface area (Å²) in [6.07, 6.45) is 0. The van der Waals surface area contributed by atoms with Crippen molar-refractivity contribution in [3.05, 3.63) is 0 Å². The van der Waals surface area contributed by atoms with Crippen LogP contribution in [0.15, 0.2) is 0 Å². The average Bonchev–Trinajstić information content (AvgIpc) is 2.21. The summed E-state index contributed by atoms with van der Waals surface area (Å²) in [7, 11) is 0. The molecule has 0 saturated carbocycles. The first-order valence-electron chi connectivity index (χ1n) is 4.47. The quantitative estimate of drug-likeness (QED) is 0.230. The van der Waals surface area contributed by atoms with Crippen molar-refractivity contribution in [2.75, 3.05) is 39.6 Å². The molecule has 0 aromatic carbocycles. The second-order valence-electron chi connectivity index (χ2n) is 2.49. The van der Waals surface area contributed by atoms with Gasteiger partial charge in [0.15, 0.2) is 0 Å². The lowest BCUT2D eigenvalue weighted by molar-refractivity contribution is -0.142. The zero-order valence-electron chi connectivity index (χ0n) is 8.29. The monoisotopic (exact) mass is 256 g/mol. The van der Waals surface area contributed by atoms with E-state index in [1.54, 1.807) is 0 Å². The third-order valence-electron chi connectivity index (χ3n) is 1.29. The van der Waals surface area contributed by atoms with Crippen LogP contribution in [0.5, 0.6) is 0 Å². The van der Waals surface area contributed by atoms with Gasteiger partial charge in [-0.3, -0.25) is 0 Å². The fraction of sp³-hybridized carbons (Fsp3) is 0.875. The molecule has 0 saturated heterocycles. The number of aliphatic hydroxyl groups excluding tert-OH is 1. The van der Waals surface area contributed by atoms with Crippen LogP contribution in [-0.4, -0.2) is 55.3 Å². The van der Waals surface area contributed by atoms with Crippen LogP contribution in [0, 0.1) is 0 Å². The van der Waals surface area contributed by atoms with Gasteiger partial charge in [-0.25, -0.2) is 4.79 Å². The van der Waals surface area contributed by atoms with Crippen molar-refractivity contribution in [3.8, 4) is 0 Å². The van der Waals surface area contributed by atoms with E-state index < -0.39 is 10.6 Å². The Morgan fingerprint density at radius 2 is 1.60 bits per heavy atom. The molecule has 0 spiro atoms. The highest BCUT2D eigenvalue weighted by Crippen LogP contribution is 2.01. The highest BCUT2D eigenvalue weighted by atomic mass is 32.2. The van der Waals surface area contributed by atoms with Crippen LogP contribution in [0.2, 0.25) is 0 Å². The fourth-order valence-electron chi connectivity index (χ4n) is 0.662. The van der Waals surface area contributed by atoms with Crippen molar-refractivity contribution in [2.24, 2.45) is 0 Å². The number of ether oxygens (including phenoxy) is 3. The van der Waals surface area contributed by atoms with Gasteiger partial charge in [-0.2, -0.15) is 25.3 Å². The van der Waals surface area contributed by atoms with E-state index in [-0.39, 0.29) is 13.2 Å². The molecule has 0 aliphatic rings. The molecule has 0 heterocycles. The number of esters is 1. The third-order valence-corrected chi connectivity index (χ3v) is 1.71. The first-order valence-corrected chi connectivity index (χ1v) is 5.51. The lowest BCUT2D eigenvalue weighted by atomic mass is 10.7. The van der Waals surface area contributed by atoms with Crippen molar-refractivity contribution >= 4 is 31.2 Å². The molecule has 0 amide bonds. The molecule has 0 atom stereocenters. The Kier molecular flexibility index (Phi) is 10.6. The van der Waals surface area contributed by atoms with Crippen LogP contribution in [0.25, 0.3) is 0 Å². The van der Waals surface area contributed by atoms with Gasteiger partial charge in [-0.15, -0.1) is 0 Å². The van der Waals surface area contributed by atoms with E-state index in [0.29, 0.717) is 26.4 Å². The van der Waals surface area contributed by atoms with Gasteiger partial charge in [-0.05, 0) is 0 Å². The first-order chi connectivity index (χ1) is 7.18. The molecule has 0 aliphatic heterocycles. The van der Waals surface area contributed by atoms with E-state index in [9.17, 15) is 4.79 Å². The van der Waals surface area contributed by atoms with Gasteiger partial charge >= 0.3 is 5.97 Å². The van der Waals surface area contributed by atoms with Gasteiger partial charge in [0.25, 0.3) is 0 Å². The normalized spacial score (nSPS) is 10.7. The zero-order valence-corrected chi connectivity index (χ0v) is 10.1. The van der Waals surface area contributed by atoms with Crippen molar-refractivity contribution < 1.29 is 24.1 Å². The molecular weight excluding hydrogens is 240 g/mol. The van der Waals surface area contributed by atoms with Crippen LogP contribution in [0.1, 0.15) is 0 Å². The topological polar surface area (TPSA) is 65.0 Å². The van der Waals surface area contributed by atoms with Crippen molar-refractivity contribution in [1.82, 2.24) is 0 Å². The van der Waals surface area contributed by atoms with Crippen LogP contribution in [-0.2, 0) is 19.0 Å². The Balaban J connectivity index is 3.08. The molecule has 5 nitrogen and oxygen atoms in total. The molecule has 0 aromatic heterocycles. The van der Waals surface area contributed by atoms with Crippen LogP contribution in [0.3, 0.4) is 0 Å². The Hall–Kier alpha value is 0.0500. The van der Waals surface area contributed by atoms with Gasteiger partial charge in [0.1, 0.15) is 11.2 Å². The minimum Gasteiger partial charge on any atom is -0.462 e. The second-order valence-corrected chi connectivity index (χ2v) is 3.93. The summed E-state index contributed by atoms with van der Waals surface area (Å²) in [5.74, 6) is -0.484. The Morgan fingerprint density at radius 1 is 1.07 bits per heavy atom. The average molecular weight is 256 g/mol. The minimum absolute atomic E-state index is 0.00287. The van der Waals surface area contributed by atoms with E-state index in [4.69, 9.17) is 19.3 Å². The highest BCUT2D eigenvalue weighted by molar-refractivity contribution is 8.00. The molecule has 7 heteroatoms. The van der Waals surface area contributed by atoms with Gasteiger partial charge in [0.05, 0.1) is 33.0 Å². The Bertz CT molecular complexity index is 165. The molecule has 0 unspecified atom stereocenters. The number of hydrogen-bond donors (Lipinski definition) is 3. The maximum atomic E-state index is 10.8. The molecule has 0 aliphatic carbocycles. The standard InChI is InChI=1S/C8H16O5S2/c9-1-2-11-3-4-12-5-6-13-7(10)8(14)15/h8-9,14-15H,1-6H2. The van der Waals surface area contributed by atoms with Gasteiger partial charge in [0, 0.05) is 0 Å². The third kappa shape index (κ3) is 10.3. The number of carbonyl (C=O) groups is 1. The molecule has 15 heavy (non-hydrogen) atoms. The van der Waals surface area contributed by atoms with Gasteiger partial charge in [0.2, 0.25) is 0 Å². The Morgan fingerprint density at radius 3 is 2.13 bits per heavy atom. The highest BCUT2D eigenvalue weighted by Gasteiger charge is 2.08. The summed E-state index contributed by atoms with van der Waals surface area (Å²) in [6, 6.07) is 0. The minimum atomic E-state index is -0.710. The summed E-state index contributed by atoms with van der Waals surface area (Å²) in [6.45, 7) is 1.61. The summed E-state index contributed by atoms with van der Waals surface area (Å²) >= 11 is 7.56. The van der Waals surface area contributed by atoms with Crippen LogP contribution in [0.4, 0.5) is 0 Å². The fourth-order valence-corrected chi connectivity index (χ4v) is 0.811. The van der Waals surface area contributed by atoms with E-state index in [2.05, 4.69) is 25.3 Å². The summed E-state index contributed by atoms with van der Waals surface area (Å²) < 4.78 is 14.0. The molecule has 1 N–H and O–H groups in total. The van der Waals surface area contributed by atoms with Crippen molar-refractivity contribution in [2.45, 2.75) is 4.58 Å². The van der Waals surface area contributed by atoms with Crippen molar-refractivity contribution in [3.63, 3.8) is 0 Å².